The Balaban J connectivity index is 2.11. The highest BCUT2D eigenvalue weighted by Crippen LogP contribution is 2.22. The molecule has 2 aromatic carbocycles. The molecule has 0 heterocycles. The second-order valence-corrected chi connectivity index (χ2v) is 6.12. The molecule has 1 atom stereocenters. The average molecular weight is 323 g/mol. The molecule has 0 aliphatic carbocycles. The second-order valence-electron chi connectivity index (χ2n) is 6.12. The Morgan fingerprint density at radius 1 is 0.917 bits per heavy atom. The summed E-state index contributed by atoms with van der Waals surface area (Å²) in [5.74, 6) is -1.79. The summed E-state index contributed by atoms with van der Waals surface area (Å²) in [6.45, 7) is 2.20. The number of carbonyl (C=O) groups is 2. The molecule has 3 nitrogen and oxygen atoms in total. The largest absolute Gasteiger partial charge is 0.369 e. The quantitative estimate of drug-likeness (QED) is 0.426. The molecule has 3 heteroatoms. The molecule has 0 aliphatic rings. The number of hydrogen-bond donors (Lipinski definition) is 1. The number of benzene rings is 2. The lowest BCUT2D eigenvalue weighted by Crippen LogP contribution is -2.28. The highest BCUT2D eigenvalue weighted by atomic mass is 16.2. The van der Waals surface area contributed by atoms with Crippen LogP contribution in [0.15, 0.2) is 54.6 Å². The molecule has 126 valence electrons. The molecule has 2 aromatic rings. The number of nitrogens with two attached hydrogens (primary N) is 1. The van der Waals surface area contributed by atoms with Crippen LogP contribution in [0.4, 0.5) is 0 Å². The average Bonchev–Trinajstić information content (AvgIpc) is 2.60. The molecule has 0 saturated carbocycles. The molecule has 0 bridgehead atoms. The maximum absolute atomic E-state index is 12.6. The summed E-state index contributed by atoms with van der Waals surface area (Å²) < 4.78 is 0. The topological polar surface area (TPSA) is 60.2 Å². The van der Waals surface area contributed by atoms with Crippen molar-refractivity contribution >= 4 is 11.7 Å². The van der Waals surface area contributed by atoms with Gasteiger partial charge in [-0.15, -0.1) is 0 Å². The van der Waals surface area contributed by atoms with Gasteiger partial charge in [-0.2, -0.15) is 0 Å². The van der Waals surface area contributed by atoms with Gasteiger partial charge in [-0.1, -0.05) is 80.8 Å². The van der Waals surface area contributed by atoms with E-state index in [1.165, 1.54) is 24.8 Å². The minimum Gasteiger partial charge on any atom is -0.369 e. The molecular weight excluding hydrogens is 298 g/mol. The van der Waals surface area contributed by atoms with E-state index < -0.39 is 11.8 Å². The third-order valence-corrected chi connectivity index (χ3v) is 4.24. The molecule has 24 heavy (non-hydrogen) atoms. The fraction of sp³-hybridized carbons (Fsp3) is 0.333. The Bertz CT molecular complexity index is 662. The SMILES string of the molecule is CCCCCCc1ccc(C(C(N)=O)C(=O)c2ccccc2)cc1. The van der Waals surface area contributed by atoms with Gasteiger partial charge in [0.15, 0.2) is 5.78 Å². The summed E-state index contributed by atoms with van der Waals surface area (Å²) in [5.41, 5.74) is 7.89. The first-order chi connectivity index (χ1) is 11.6. The first-order valence-electron chi connectivity index (χ1n) is 8.61. The summed E-state index contributed by atoms with van der Waals surface area (Å²) in [5, 5.41) is 0. The predicted molar refractivity (Wildman–Crippen MR) is 97.0 cm³/mol. The van der Waals surface area contributed by atoms with E-state index in [-0.39, 0.29) is 5.78 Å². The number of primary amides is 1. The van der Waals surface area contributed by atoms with Gasteiger partial charge in [-0.25, -0.2) is 0 Å². The molecule has 0 saturated heterocycles. The van der Waals surface area contributed by atoms with Crippen molar-refractivity contribution in [2.45, 2.75) is 44.9 Å². The Morgan fingerprint density at radius 3 is 2.17 bits per heavy atom. The lowest BCUT2D eigenvalue weighted by molar-refractivity contribution is -0.118. The van der Waals surface area contributed by atoms with E-state index in [0.717, 1.165) is 12.8 Å². The van der Waals surface area contributed by atoms with Gasteiger partial charge in [0.2, 0.25) is 5.91 Å². The van der Waals surface area contributed by atoms with E-state index in [0.29, 0.717) is 11.1 Å². The number of carbonyl (C=O) groups excluding carboxylic acids is 2. The number of hydrogen-bond acceptors (Lipinski definition) is 2. The van der Waals surface area contributed by atoms with Crippen molar-refractivity contribution in [3.05, 3.63) is 71.3 Å². The van der Waals surface area contributed by atoms with Crippen LogP contribution >= 0.6 is 0 Å². The number of unbranched alkanes of at least 4 members (excludes halogenated alkanes) is 3. The smallest absolute Gasteiger partial charge is 0.232 e. The van der Waals surface area contributed by atoms with Crippen molar-refractivity contribution in [1.29, 1.82) is 0 Å². The van der Waals surface area contributed by atoms with Gasteiger partial charge in [0, 0.05) is 5.56 Å². The zero-order valence-electron chi connectivity index (χ0n) is 14.2. The molecule has 0 fully saturated rings. The summed E-state index contributed by atoms with van der Waals surface area (Å²) in [7, 11) is 0. The highest BCUT2D eigenvalue weighted by molar-refractivity contribution is 6.13. The summed E-state index contributed by atoms with van der Waals surface area (Å²) in [4.78, 5) is 24.5. The van der Waals surface area contributed by atoms with E-state index in [2.05, 4.69) is 6.92 Å². The van der Waals surface area contributed by atoms with E-state index in [4.69, 9.17) is 5.73 Å². The van der Waals surface area contributed by atoms with E-state index in [9.17, 15) is 9.59 Å². The van der Waals surface area contributed by atoms with Gasteiger partial charge in [-0.05, 0) is 24.0 Å². The van der Waals surface area contributed by atoms with Crippen LogP contribution in [-0.4, -0.2) is 11.7 Å². The fourth-order valence-electron chi connectivity index (χ4n) is 2.85. The van der Waals surface area contributed by atoms with Crippen LogP contribution < -0.4 is 5.73 Å². The van der Waals surface area contributed by atoms with Crippen molar-refractivity contribution in [3.63, 3.8) is 0 Å². The van der Waals surface area contributed by atoms with Crippen LogP contribution in [0.2, 0.25) is 0 Å². The van der Waals surface area contributed by atoms with Gasteiger partial charge in [-0.3, -0.25) is 9.59 Å². The third-order valence-electron chi connectivity index (χ3n) is 4.24. The molecule has 2 N–H and O–H groups in total. The van der Waals surface area contributed by atoms with Gasteiger partial charge >= 0.3 is 0 Å². The van der Waals surface area contributed by atoms with Crippen molar-refractivity contribution < 1.29 is 9.59 Å². The molecule has 0 spiro atoms. The highest BCUT2D eigenvalue weighted by Gasteiger charge is 2.27. The second kappa shape index (κ2) is 9.02. The van der Waals surface area contributed by atoms with Crippen LogP contribution in [0.3, 0.4) is 0 Å². The first-order valence-corrected chi connectivity index (χ1v) is 8.61. The molecule has 0 radical (unpaired) electrons. The van der Waals surface area contributed by atoms with Crippen LogP contribution in [0.5, 0.6) is 0 Å². The minimum absolute atomic E-state index is 0.251. The lowest BCUT2D eigenvalue weighted by atomic mass is 9.89. The van der Waals surface area contributed by atoms with Crippen molar-refractivity contribution in [3.8, 4) is 0 Å². The predicted octanol–water partition coefficient (Wildman–Crippen LogP) is 4.26. The van der Waals surface area contributed by atoms with E-state index in [1.54, 1.807) is 24.3 Å². The maximum Gasteiger partial charge on any atom is 0.232 e. The monoisotopic (exact) mass is 323 g/mol. The van der Waals surface area contributed by atoms with Gasteiger partial charge in [0.05, 0.1) is 0 Å². The first kappa shape index (κ1) is 17.9. The Labute approximate surface area is 143 Å². The molecular formula is C21H25NO2. The number of rotatable bonds is 9. The summed E-state index contributed by atoms with van der Waals surface area (Å²) in [6, 6.07) is 16.5. The molecule has 2 rings (SSSR count). The Morgan fingerprint density at radius 2 is 1.58 bits per heavy atom. The molecule has 1 unspecified atom stereocenters. The van der Waals surface area contributed by atoms with Crippen LogP contribution in [0, 0.1) is 0 Å². The Hall–Kier alpha value is -2.42. The number of aryl methyl sites for hydroxylation is 1. The van der Waals surface area contributed by atoms with Crippen molar-refractivity contribution in [2.75, 3.05) is 0 Å². The lowest BCUT2D eigenvalue weighted by Gasteiger charge is -2.13. The van der Waals surface area contributed by atoms with E-state index >= 15 is 0 Å². The molecule has 1 amide bonds. The maximum atomic E-state index is 12.6. The van der Waals surface area contributed by atoms with E-state index in [1.807, 2.05) is 30.3 Å². The summed E-state index contributed by atoms with van der Waals surface area (Å²) >= 11 is 0. The zero-order valence-corrected chi connectivity index (χ0v) is 14.2. The van der Waals surface area contributed by atoms with Crippen molar-refractivity contribution in [1.82, 2.24) is 0 Å². The minimum atomic E-state index is -0.929. The third kappa shape index (κ3) is 4.79. The van der Waals surface area contributed by atoms with Gasteiger partial charge in [0.25, 0.3) is 0 Å². The number of amides is 1. The van der Waals surface area contributed by atoms with Crippen LogP contribution in [0.1, 0.15) is 60.0 Å². The van der Waals surface area contributed by atoms with Crippen LogP contribution in [0.25, 0.3) is 0 Å². The molecule has 0 aliphatic heterocycles. The number of Topliss-reactive ketones (excluding diaryl/α,β-unsaturated/α-hetero) is 1. The van der Waals surface area contributed by atoms with Gasteiger partial charge < -0.3 is 5.73 Å². The van der Waals surface area contributed by atoms with Crippen LogP contribution in [-0.2, 0) is 11.2 Å². The number of ketones is 1. The fourth-order valence-corrected chi connectivity index (χ4v) is 2.85. The van der Waals surface area contributed by atoms with Crippen molar-refractivity contribution in [2.24, 2.45) is 5.73 Å². The normalized spacial score (nSPS) is 11.9. The Kier molecular flexibility index (Phi) is 6.74. The standard InChI is InChI=1S/C21H25NO2/c1-2-3-4-6-9-16-12-14-17(15-13-16)19(21(22)24)20(23)18-10-7-5-8-11-18/h5,7-8,10-15,19H,2-4,6,9H2,1H3,(H2,22,24). The summed E-state index contributed by atoms with van der Waals surface area (Å²) in [6.07, 6.45) is 5.90. The molecule has 0 aromatic heterocycles. The zero-order chi connectivity index (χ0) is 17.4. The van der Waals surface area contributed by atoms with Gasteiger partial charge in [0.1, 0.15) is 5.92 Å².